The van der Waals surface area contributed by atoms with E-state index in [9.17, 15) is 27.6 Å². The lowest BCUT2D eigenvalue weighted by Crippen LogP contribution is -2.42. The Morgan fingerprint density at radius 3 is 2.38 bits per heavy atom. The largest absolute Gasteiger partial charge is 0.481 e. The molecule has 0 bridgehead atoms. The van der Waals surface area contributed by atoms with Crippen LogP contribution in [0.2, 0.25) is 0 Å². The lowest BCUT2D eigenvalue weighted by Gasteiger charge is -2.18. The number of Topliss-reactive ketones (excluding diaryl/α,β-unsaturated/α-hetero) is 1. The van der Waals surface area contributed by atoms with E-state index >= 15 is 0 Å². The van der Waals surface area contributed by atoms with Gasteiger partial charge in [0.2, 0.25) is 15.9 Å². The van der Waals surface area contributed by atoms with Crippen molar-refractivity contribution in [3.63, 3.8) is 0 Å². The second-order valence-corrected chi connectivity index (χ2v) is 10.4. The molecule has 0 aliphatic rings. The monoisotopic (exact) mass is 537 g/mol. The molecule has 1 amide bonds. The van der Waals surface area contributed by atoms with Crippen LogP contribution in [0.4, 0.5) is 0 Å². The van der Waals surface area contributed by atoms with Crippen molar-refractivity contribution < 1.29 is 32.7 Å². The highest BCUT2D eigenvalue weighted by atomic mass is 32.2. The number of nitrogens with two attached hydrogens (primary N) is 2. The lowest BCUT2D eigenvalue weighted by atomic mass is 10.0. The number of nitrogen functional groups attached to an aromatic ring is 1. The minimum atomic E-state index is -4.09. The number of amides is 1. The third kappa shape index (κ3) is 13.3. The lowest BCUT2D eigenvalue weighted by molar-refractivity contribution is -0.137. The smallest absolute Gasteiger partial charge is 0.303 e. The van der Waals surface area contributed by atoms with Gasteiger partial charge in [0.1, 0.15) is 12.1 Å². The number of ketones is 1. The minimum Gasteiger partial charge on any atom is -0.481 e. The second kappa shape index (κ2) is 15.5. The number of hydrogen-bond donors (Lipinski definition) is 6. The van der Waals surface area contributed by atoms with E-state index in [1.54, 1.807) is 6.07 Å². The number of allylic oxidation sites excluding steroid dienone is 1. The Kier molecular flexibility index (Phi) is 13.2. The second-order valence-electron chi connectivity index (χ2n) is 8.66. The summed E-state index contributed by atoms with van der Waals surface area (Å²) in [5.41, 5.74) is 12.1. The first-order chi connectivity index (χ1) is 17.3. The van der Waals surface area contributed by atoms with Gasteiger partial charge in [0, 0.05) is 30.5 Å². The Hall–Kier alpha value is -3.58. The quantitative estimate of drug-likeness (QED) is 0.0631. The highest BCUT2D eigenvalue weighted by Crippen LogP contribution is 2.12. The normalized spacial score (nSPS) is 12.8. The van der Waals surface area contributed by atoms with Gasteiger partial charge < -0.3 is 26.7 Å². The van der Waals surface area contributed by atoms with Gasteiger partial charge in [-0.05, 0) is 37.3 Å². The molecule has 0 unspecified atom stereocenters. The molecule has 0 saturated carbocycles. The number of carboxylic acid groups (broad SMARTS) is 1. The number of carbonyl (C=O) groups excluding carboxylic acids is 3. The van der Waals surface area contributed by atoms with Gasteiger partial charge in [-0.3, -0.25) is 19.8 Å². The number of rotatable bonds is 19. The highest BCUT2D eigenvalue weighted by molar-refractivity contribution is 7.88. The number of hydrogen-bond acceptors (Lipinski definition) is 8. The highest BCUT2D eigenvalue weighted by Gasteiger charge is 2.26. The van der Waals surface area contributed by atoms with Crippen molar-refractivity contribution in [2.75, 3.05) is 0 Å². The third-order valence-corrected chi connectivity index (χ3v) is 6.68. The summed E-state index contributed by atoms with van der Waals surface area (Å²) in [7, 11) is -4.09. The van der Waals surface area contributed by atoms with Gasteiger partial charge in [0.15, 0.2) is 5.78 Å². The number of benzene rings is 1. The summed E-state index contributed by atoms with van der Waals surface area (Å²) >= 11 is 0. The third-order valence-electron chi connectivity index (χ3n) is 5.32. The predicted octanol–water partition coefficient (Wildman–Crippen LogP) is 0.689. The van der Waals surface area contributed by atoms with Crippen molar-refractivity contribution in [1.29, 1.82) is 5.41 Å². The molecule has 1 aromatic carbocycles. The zero-order valence-electron chi connectivity index (χ0n) is 20.6. The van der Waals surface area contributed by atoms with Gasteiger partial charge >= 0.3 is 5.97 Å². The number of unbranched alkanes of at least 4 members (excludes halogenated alkanes) is 1. The van der Waals surface area contributed by atoms with Gasteiger partial charge in [-0.25, -0.2) is 13.1 Å². The fourth-order valence-electron chi connectivity index (χ4n) is 3.44. The van der Waals surface area contributed by atoms with Gasteiger partial charge in [-0.15, -0.1) is 0 Å². The molecular formula is C24H35N5O7S. The molecule has 1 rings (SSSR count). The van der Waals surface area contributed by atoms with E-state index in [0.717, 1.165) is 0 Å². The first kappa shape index (κ1) is 31.4. The fourth-order valence-corrected chi connectivity index (χ4v) is 4.82. The average Bonchev–Trinajstić information content (AvgIpc) is 2.81. The molecule has 204 valence electrons. The van der Waals surface area contributed by atoms with E-state index in [4.69, 9.17) is 22.0 Å². The van der Waals surface area contributed by atoms with Crippen LogP contribution in [-0.4, -0.2) is 55.4 Å². The van der Waals surface area contributed by atoms with Crippen LogP contribution in [0, 0.1) is 5.41 Å². The van der Waals surface area contributed by atoms with Crippen LogP contribution in [0.1, 0.15) is 62.5 Å². The maximum atomic E-state index is 12.7. The van der Waals surface area contributed by atoms with E-state index < -0.39 is 51.9 Å². The first-order valence-corrected chi connectivity index (χ1v) is 13.3. The van der Waals surface area contributed by atoms with Crippen molar-refractivity contribution in [3.05, 3.63) is 47.7 Å². The van der Waals surface area contributed by atoms with Crippen LogP contribution in [0.15, 0.2) is 36.5 Å². The molecule has 0 aromatic heterocycles. The molecule has 12 nitrogen and oxygen atoms in total. The average molecular weight is 538 g/mol. The Bertz CT molecular complexity index is 1100. The molecule has 0 fully saturated rings. The molecule has 8 N–H and O–H groups in total. The van der Waals surface area contributed by atoms with Crippen molar-refractivity contribution in [2.45, 2.75) is 69.2 Å². The number of aldehydes is 1. The maximum absolute atomic E-state index is 12.7. The Morgan fingerprint density at radius 2 is 1.78 bits per heavy atom. The van der Waals surface area contributed by atoms with Crippen molar-refractivity contribution in [1.82, 2.24) is 10.0 Å². The number of amidine groups is 1. The summed E-state index contributed by atoms with van der Waals surface area (Å²) in [5, 5.41) is 19.0. The van der Waals surface area contributed by atoms with Crippen LogP contribution in [-0.2, 0) is 35.0 Å². The van der Waals surface area contributed by atoms with E-state index in [1.807, 2.05) is 0 Å². The summed E-state index contributed by atoms with van der Waals surface area (Å²) in [6.07, 6.45) is 1.52. The fraction of sp³-hybridized carbons (Fsp3) is 0.458. The minimum absolute atomic E-state index is 0.238. The van der Waals surface area contributed by atoms with E-state index in [2.05, 4.69) is 16.6 Å². The van der Waals surface area contributed by atoms with Crippen molar-refractivity contribution >= 4 is 39.8 Å². The molecular weight excluding hydrogens is 502 g/mol. The zero-order chi connectivity index (χ0) is 28.0. The van der Waals surface area contributed by atoms with E-state index in [0.29, 0.717) is 48.8 Å². The van der Waals surface area contributed by atoms with Crippen molar-refractivity contribution in [2.24, 2.45) is 11.5 Å². The van der Waals surface area contributed by atoms with E-state index in [-0.39, 0.29) is 25.1 Å². The molecule has 0 aliphatic heterocycles. The number of carboxylic acids is 1. The SMILES string of the molecule is C=C(N)CCCC[C@@H](C=O)NC(=O)CCC(=O)[C@H](CCC(=O)O)NS(=O)(=O)Cc1cccc(C(=N)N)c1. The molecule has 0 aliphatic carbocycles. The van der Waals surface area contributed by atoms with Gasteiger partial charge in [0.05, 0.1) is 17.8 Å². The Morgan fingerprint density at radius 1 is 1.08 bits per heavy atom. The van der Waals surface area contributed by atoms with Crippen LogP contribution in [0.25, 0.3) is 0 Å². The van der Waals surface area contributed by atoms with Gasteiger partial charge in [0.25, 0.3) is 0 Å². The number of carbonyl (C=O) groups is 4. The summed E-state index contributed by atoms with van der Waals surface area (Å²) in [6, 6.07) is 3.93. The van der Waals surface area contributed by atoms with Crippen molar-refractivity contribution in [3.8, 4) is 0 Å². The molecule has 0 spiro atoms. The summed E-state index contributed by atoms with van der Waals surface area (Å²) in [6.45, 7) is 3.59. The molecule has 1 aromatic rings. The van der Waals surface area contributed by atoms with E-state index in [1.165, 1.54) is 18.2 Å². The molecule has 13 heteroatoms. The Labute approximate surface area is 216 Å². The zero-order valence-corrected chi connectivity index (χ0v) is 21.4. The van der Waals surface area contributed by atoms with Gasteiger partial charge in [-0.2, -0.15) is 0 Å². The molecule has 0 heterocycles. The number of aliphatic carboxylic acids is 1. The van der Waals surface area contributed by atoms with Crippen LogP contribution in [0.5, 0.6) is 0 Å². The standard InChI is InChI=1S/C24H35N5O7S/c1-16(25)5-2-3-8-19(14-30)28-22(32)11-10-21(31)20(9-12-23(33)34)29-37(35,36)15-17-6-4-7-18(13-17)24(26)27/h4,6-7,13-14,19-20,29H,1-3,5,8-12,15,25H2,(H3,26,27)(H,28,32)(H,33,34)/t19-,20-/m0/s1. The first-order valence-electron chi connectivity index (χ1n) is 11.7. The number of sulfonamides is 1. The molecule has 0 radical (unpaired) electrons. The Balaban J connectivity index is 2.75. The predicted molar refractivity (Wildman–Crippen MR) is 138 cm³/mol. The molecule has 2 atom stereocenters. The summed E-state index contributed by atoms with van der Waals surface area (Å²) in [5.74, 6) is -3.19. The molecule has 37 heavy (non-hydrogen) atoms. The summed E-state index contributed by atoms with van der Waals surface area (Å²) in [4.78, 5) is 47.2. The maximum Gasteiger partial charge on any atom is 0.303 e. The molecule has 0 saturated heterocycles. The van der Waals surface area contributed by atoms with Crippen LogP contribution < -0.4 is 21.5 Å². The summed E-state index contributed by atoms with van der Waals surface area (Å²) < 4.78 is 27.6. The van der Waals surface area contributed by atoms with Crippen LogP contribution in [0.3, 0.4) is 0 Å². The topological polar surface area (TPSA) is 223 Å². The number of nitrogens with one attached hydrogen (secondary N) is 3. The van der Waals surface area contributed by atoms with Gasteiger partial charge in [-0.1, -0.05) is 31.2 Å². The van der Waals surface area contributed by atoms with Crippen LogP contribution >= 0.6 is 0 Å².